The van der Waals surface area contributed by atoms with Crippen LogP contribution in [0.5, 0.6) is 5.75 Å². The third-order valence-corrected chi connectivity index (χ3v) is 3.91. The molecule has 0 aliphatic carbocycles. The van der Waals surface area contributed by atoms with E-state index in [2.05, 4.69) is 26.1 Å². The number of rotatable bonds is 4. The predicted octanol–water partition coefficient (Wildman–Crippen LogP) is 3.81. The van der Waals surface area contributed by atoms with E-state index in [1.54, 1.807) is 7.11 Å². The Kier molecular flexibility index (Phi) is 4.95. The van der Waals surface area contributed by atoms with Gasteiger partial charge in [-0.05, 0) is 44.9 Å². The quantitative estimate of drug-likeness (QED) is 0.916. The van der Waals surface area contributed by atoms with Gasteiger partial charge in [0.05, 0.1) is 18.2 Å². The fraction of sp³-hybridized carbons (Fsp3) is 0.625. The van der Waals surface area contributed by atoms with Crippen molar-refractivity contribution in [3.8, 4) is 5.75 Å². The maximum absolute atomic E-state index is 6.21. The van der Waals surface area contributed by atoms with Gasteiger partial charge in [-0.3, -0.25) is 0 Å². The summed E-state index contributed by atoms with van der Waals surface area (Å²) < 4.78 is 11.1. The van der Waals surface area contributed by atoms with Crippen LogP contribution in [0, 0.1) is 5.92 Å². The fourth-order valence-electron chi connectivity index (χ4n) is 2.51. The second-order valence-corrected chi connectivity index (χ2v) is 6.77. The number of hydrogen-bond acceptors (Lipinski definition) is 3. The molecule has 3 nitrogen and oxygen atoms in total. The highest BCUT2D eigenvalue weighted by atomic mass is 35.5. The molecule has 20 heavy (non-hydrogen) atoms. The number of benzene rings is 1. The summed E-state index contributed by atoms with van der Waals surface area (Å²) in [5, 5.41) is 4.20. The molecule has 0 amide bonds. The van der Waals surface area contributed by atoms with E-state index in [9.17, 15) is 0 Å². The highest BCUT2D eigenvalue weighted by molar-refractivity contribution is 6.32. The first-order chi connectivity index (χ1) is 9.40. The summed E-state index contributed by atoms with van der Waals surface area (Å²) in [6, 6.07) is 5.92. The first-order valence-corrected chi connectivity index (χ1v) is 7.48. The normalized spacial score (nSPS) is 23.1. The van der Waals surface area contributed by atoms with Crippen LogP contribution in [0.15, 0.2) is 18.2 Å². The average molecular weight is 298 g/mol. The van der Waals surface area contributed by atoms with Crippen LogP contribution in [-0.2, 0) is 4.74 Å². The molecule has 2 rings (SSSR count). The lowest BCUT2D eigenvalue weighted by molar-refractivity contribution is 0.0889. The second-order valence-electron chi connectivity index (χ2n) is 6.37. The Bertz CT molecular complexity index is 456. The summed E-state index contributed by atoms with van der Waals surface area (Å²) in [5.41, 5.74) is 1.26. The Labute approximate surface area is 126 Å². The molecule has 1 saturated heterocycles. The lowest BCUT2D eigenvalue weighted by Gasteiger charge is -2.26. The summed E-state index contributed by atoms with van der Waals surface area (Å²) in [6.07, 6.45) is 1.20. The standard InChI is InChI=1S/C16H24ClNO2/c1-16(2,3)18-10-12-7-8-20-15(12)11-5-6-14(19-4)13(17)9-11/h5-6,9,12,15,18H,7-8,10H2,1-4H3. The number of halogens is 1. The molecule has 1 N–H and O–H groups in total. The van der Waals surface area contributed by atoms with Crippen molar-refractivity contribution in [2.45, 2.75) is 38.8 Å². The van der Waals surface area contributed by atoms with Crippen molar-refractivity contribution < 1.29 is 9.47 Å². The van der Waals surface area contributed by atoms with Gasteiger partial charge in [0.15, 0.2) is 0 Å². The summed E-state index contributed by atoms with van der Waals surface area (Å²) in [5.74, 6) is 1.19. The minimum absolute atomic E-state index is 0.119. The predicted molar refractivity (Wildman–Crippen MR) is 82.6 cm³/mol. The molecule has 112 valence electrons. The molecule has 0 saturated carbocycles. The molecule has 1 aliphatic heterocycles. The zero-order valence-electron chi connectivity index (χ0n) is 12.7. The van der Waals surface area contributed by atoms with Crippen LogP contribution in [0.1, 0.15) is 38.9 Å². The zero-order valence-corrected chi connectivity index (χ0v) is 13.5. The van der Waals surface area contributed by atoms with Crippen LogP contribution in [0.25, 0.3) is 0 Å². The second kappa shape index (κ2) is 6.33. The molecule has 0 aromatic heterocycles. The van der Waals surface area contributed by atoms with Crippen LogP contribution < -0.4 is 10.1 Å². The van der Waals surface area contributed by atoms with Gasteiger partial charge in [0.2, 0.25) is 0 Å². The molecule has 0 spiro atoms. The number of nitrogens with one attached hydrogen (secondary N) is 1. The zero-order chi connectivity index (χ0) is 14.8. The Morgan fingerprint density at radius 2 is 2.15 bits per heavy atom. The third kappa shape index (κ3) is 3.87. The average Bonchev–Trinajstić information content (AvgIpc) is 2.83. The van der Waals surface area contributed by atoms with Crippen LogP contribution in [0.3, 0.4) is 0 Å². The van der Waals surface area contributed by atoms with E-state index in [4.69, 9.17) is 21.1 Å². The lowest BCUT2D eigenvalue weighted by Crippen LogP contribution is -2.39. The minimum Gasteiger partial charge on any atom is -0.495 e. The molecule has 1 fully saturated rings. The smallest absolute Gasteiger partial charge is 0.137 e. The van der Waals surface area contributed by atoms with Gasteiger partial charge in [-0.2, -0.15) is 0 Å². The van der Waals surface area contributed by atoms with Crippen molar-refractivity contribution in [1.82, 2.24) is 5.32 Å². The molecule has 0 bridgehead atoms. The van der Waals surface area contributed by atoms with Crippen molar-refractivity contribution in [1.29, 1.82) is 0 Å². The molecule has 1 aromatic carbocycles. The van der Waals surface area contributed by atoms with E-state index in [0.717, 1.165) is 25.1 Å². The summed E-state index contributed by atoms with van der Waals surface area (Å²) in [6.45, 7) is 8.31. The van der Waals surface area contributed by atoms with Crippen molar-refractivity contribution in [2.75, 3.05) is 20.3 Å². The van der Waals surface area contributed by atoms with E-state index in [1.165, 1.54) is 0 Å². The van der Waals surface area contributed by atoms with Crippen LogP contribution in [0.4, 0.5) is 0 Å². The van der Waals surface area contributed by atoms with Crippen molar-refractivity contribution >= 4 is 11.6 Å². The Balaban J connectivity index is 2.08. The van der Waals surface area contributed by atoms with Crippen LogP contribution in [-0.4, -0.2) is 25.8 Å². The number of hydrogen-bond donors (Lipinski definition) is 1. The van der Waals surface area contributed by atoms with Gasteiger partial charge in [0.1, 0.15) is 5.75 Å². The van der Waals surface area contributed by atoms with E-state index in [0.29, 0.717) is 16.7 Å². The highest BCUT2D eigenvalue weighted by Gasteiger charge is 2.30. The largest absolute Gasteiger partial charge is 0.495 e. The summed E-state index contributed by atoms with van der Waals surface area (Å²) >= 11 is 6.21. The maximum atomic E-state index is 6.21. The molecule has 4 heteroatoms. The SMILES string of the molecule is COc1ccc(C2OCCC2CNC(C)(C)C)cc1Cl. The van der Waals surface area contributed by atoms with E-state index >= 15 is 0 Å². The Morgan fingerprint density at radius 3 is 2.75 bits per heavy atom. The molecular formula is C16H24ClNO2. The van der Waals surface area contributed by atoms with Crippen LogP contribution >= 0.6 is 11.6 Å². The van der Waals surface area contributed by atoms with Gasteiger partial charge in [-0.15, -0.1) is 0 Å². The van der Waals surface area contributed by atoms with Crippen molar-refractivity contribution in [3.05, 3.63) is 28.8 Å². The van der Waals surface area contributed by atoms with Crippen molar-refractivity contribution in [3.63, 3.8) is 0 Å². The molecule has 1 aromatic rings. The fourth-order valence-corrected chi connectivity index (χ4v) is 2.77. The monoisotopic (exact) mass is 297 g/mol. The topological polar surface area (TPSA) is 30.5 Å². The third-order valence-electron chi connectivity index (χ3n) is 3.61. The molecule has 2 unspecified atom stereocenters. The Morgan fingerprint density at radius 1 is 1.40 bits per heavy atom. The number of methoxy groups -OCH3 is 1. The molecule has 0 radical (unpaired) electrons. The lowest BCUT2D eigenvalue weighted by atomic mass is 9.94. The van der Waals surface area contributed by atoms with E-state index in [1.807, 2.05) is 18.2 Å². The van der Waals surface area contributed by atoms with Gasteiger partial charge < -0.3 is 14.8 Å². The molecular weight excluding hydrogens is 274 g/mol. The molecule has 1 aliphatic rings. The van der Waals surface area contributed by atoms with Gasteiger partial charge in [0, 0.05) is 24.6 Å². The van der Waals surface area contributed by atoms with E-state index in [-0.39, 0.29) is 11.6 Å². The maximum Gasteiger partial charge on any atom is 0.137 e. The highest BCUT2D eigenvalue weighted by Crippen LogP contribution is 2.37. The Hall–Kier alpha value is -0.770. The van der Waals surface area contributed by atoms with Gasteiger partial charge in [0.25, 0.3) is 0 Å². The van der Waals surface area contributed by atoms with Crippen molar-refractivity contribution in [2.24, 2.45) is 5.92 Å². The van der Waals surface area contributed by atoms with Gasteiger partial charge in [-0.25, -0.2) is 0 Å². The summed E-state index contributed by atoms with van der Waals surface area (Å²) in [7, 11) is 1.63. The number of ether oxygens (including phenoxy) is 2. The summed E-state index contributed by atoms with van der Waals surface area (Å²) in [4.78, 5) is 0. The van der Waals surface area contributed by atoms with E-state index < -0.39 is 0 Å². The minimum atomic E-state index is 0.119. The molecule has 2 atom stereocenters. The molecule has 1 heterocycles. The van der Waals surface area contributed by atoms with Crippen LogP contribution in [0.2, 0.25) is 5.02 Å². The van der Waals surface area contributed by atoms with Gasteiger partial charge in [-0.1, -0.05) is 17.7 Å². The first-order valence-electron chi connectivity index (χ1n) is 7.11. The first kappa shape index (κ1) is 15.6. The van der Waals surface area contributed by atoms with Gasteiger partial charge >= 0.3 is 0 Å².